The highest BCUT2D eigenvalue weighted by atomic mass is 16.5. The highest BCUT2D eigenvalue weighted by Gasteiger charge is 1.90. The van der Waals surface area contributed by atoms with Gasteiger partial charge in [-0.1, -0.05) is 0 Å². The molecule has 0 unspecified atom stereocenters. The van der Waals surface area contributed by atoms with E-state index in [9.17, 15) is 0 Å². The van der Waals surface area contributed by atoms with Crippen LogP contribution in [-0.2, 0) is 0 Å². The average Bonchev–Trinajstić information content (AvgIpc) is 1.90. The Labute approximate surface area is 52.7 Å². The number of hydrogen-bond donors (Lipinski definition) is 0. The quantitative estimate of drug-likeness (QED) is 0.544. The monoisotopic (exact) mass is 124 g/mol. The first kappa shape index (κ1) is 5.81. The number of rotatable bonds is 1. The lowest BCUT2D eigenvalue weighted by Crippen LogP contribution is -1.89. The van der Waals surface area contributed by atoms with Crippen molar-refractivity contribution in [1.29, 1.82) is 0 Å². The standard InChI is InChI=1S/C5H6N3O/c1-9-5-7-2-4(6)3-8-5/h2-3,6H,1H3. The van der Waals surface area contributed by atoms with Crippen LogP contribution in [-0.4, -0.2) is 17.1 Å². The molecule has 4 nitrogen and oxygen atoms in total. The largest absolute Gasteiger partial charge is 0.467 e. The molecular weight excluding hydrogens is 118 g/mol. The van der Waals surface area contributed by atoms with Gasteiger partial charge in [0.2, 0.25) is 0 Å². The molecule has 4 heteroatoms. The van der Waals surface area contributed by atoms with Gasteiger partial charge in [-0.2, -0.15) is 0 Å². The zero-order valence-electron chi connectivity index (χ0n) is 4.96. The van der Waals surface area contributed by atoms with Gasteiger partial charge >= 0.3 is 6.01 Å². The lowest BCUT2D eigenvalue weighted by atomic mass is 10.6. The van der Waals surface area contributed by atoms with Crippen molar-refractivity contribution in [3.8, 4) is 6.01 Å². The SMILES string of the molecule is COc1ncc([NH])cn1. The number of ether oxygens (including phenoxy) is 1. The molecular formula is C5H6N3O. The van der Waals surface area contributed by atoms with Crippen LogP contribution in [0.1, 0.15) is 0 Å². The van der Waals surface area contributed by atoms with Crippen LogP contribution in [0.2, 0.25) is 0 Å². The molecule has 1 aromatic rings. The van der Waals surface area contributed by atoms with Gasteiger partial charge in [-0.25, -0.2) is 9.97 Å². The summed E-state index contributed by atoms with van der Waals surface area (Å²) in [6.45, 7) is 0. The van der Waals surface area contributed by atoms with E-state index in [1.807, 2.05) is 0 Å². The maximum absolute atomic E-state index is 6.99. The van der Waals surface area contributed by atoms with Crippen LogP contribution < -0.4 is 10.5 Å². The van der Waals surface area contributed by atoms with Gasteiger partial charge in [0.25, 0.3) is 0 Å². The van der Waals surface area contributed by atoms with Gasteiger partial charge in [0, 0.05) is 0 Å². The van der Waals surface area contributed by atoms with Gasteiger partial charge in [0.05, 0.1) is 25.2 Å². The Morgan fingerprint density at radius 3 is 2.44 bits per heavy atom. The van der Waals surface area contributed by atoms with Gasteiger partial charge in [0.1, 0.15) is 0 Å². The van der Waals surface area contributed by atoms with Crippen molar-refractivity contribution in [2.45, 2.75) is 0 Å². The zero-order chi connectivity index (χ0) is 6.69. The molecule has 1 heterocycles. The van der Waals surface area contributed by atoms with Gasteiger partial charge in [-0.3, -0.25) is 5.73 Å². The van der Waals surface area contributed by atoms with Crippen LogP contribution in [0.15, 0.2) is 12.4 Å². The molecule has 0 fully saturated rings. The highest BCUT2D eigenvalue weighted by Crippen LogP contribution is 2.02. The van der Waals surface area contributed by atoms with Crippen molar-refractivity contribution < 1.29 is 4.74 Å². The summed E-state index contributed by atoms with van der Waals surface area (Å²) in [6.07, 6.45) is 2.76. The summed E-state index contributed by atoms with van der Waals surface area (Å²) in [5.41, 5.74) is 7.27. The molecule has 0 aliphatic heterocycles. The van der Waals surface area contributed by atoms with E-state index in [2.05, 4.69) is 14.7 Å². The van der Waals surface area contributed by atoms with E-state index in [0.29, 0.717) is 6.01 Å². The Kier molecular flexibility index (Phi) is 1.48. The first-order valence-electron chi connectivity index (χ1n) is 2.40. The number of aromatic nitrogens is 2. The molecule has 9 heavy (non-hydrogen) atoms. The fraction of sp³-hybridized carbons (Fsp3) is 0.200. The average molecular weight is 124 g/mol. The van der Waals surface area contributed by atoms with E-state index < -0.39 is 0 Å². The van der Waals surface area contributed by atoms with Gasteiger partial charge in [0.15, 0.2) is 0 Å². The third-order valence-corrected chi connectivity index (χ3v) is 0.811. The third kappa shape index (κ3) is 1.28. The fourth-order valence-corrected chi connectivity index (χ4v) is 0.422. The third-order valence-electron chi connectivity index (χ3n) is 0.811. The minimum atomic E-state index is 0.288. The molecule has 1 rings (SSSR count). The molecule has 1 aromatic heterocycles. The molecule has 0 aliphatic rings. The van der Waals surface area contributed by atoms with E-state index in [4.69, 9.17) is 5.73 Å². The Morgan fingerprint density at radius 1 is 1.44 bits per heavy atom. The van der Waals surface area contributed by atoms with Crippen molar-refractivity contribution in [3.63, 3.8) is 0 Å². The van der Waals surface area contributed by atoms with Crippen LogP contribution in [0, 0.1) is 0 Å². The molecule has 0 aliphatic carbocycles. The molecule has 1 radical (unpaired) electrons. The number of nitrogens with one attached hydrogen (secondary N) is 1. The van der Waals surface area contributed by atoms with E-state index in [-0.39, 0.29) is 5.69 Å². The van der Waals surface area contributed by atoms with E-state index in [0.717, 1.165) is 0 Å². The summed E-state index contributed by atoms with van der Waals surface area (Å²) in [4.78, 5) is 7.35. The summed E-state index contributed by atoms with van der Waals surface area (Å²) in [6, 6.07) is 0.297. The summed E-state index contributed by atoms with van der Waals surface area (Å²) in [7, 11) is 1.49. The Hall–Kier alpha value is -1.32. The maximum Gasteiger partial charge on any atom is 0.316 e. The van der Waals surface area contributed by atoms with E-state index >= 15 is 0 Å². The molecule has 0 saturated heterocycles. The van der Waals surface area contributed by atoms with Crippen LogP contribution in [0.3, 0.4) is 0 Å². The van der Waals surface area contributed by atoms with Crippen molar-refractivity contribution in [1.82, 2.24) is 15.7 Å². The van der Waals surface area contributed by atoms with Crippen molar-refractivity contribution >= 4 is 5.69 Å². The minimum Gasteiger partial charge on any atom is -0.467 e. The molecule has 1 N–H and O–H groups in total. The zero-order valence-corrected chi connectivity index (χ0v) is 4.96. The Morgan fingerprint density at radius 2 is 2.00 bits per heavy atom. The van der Waals surface area contributed by atoms with Gasteiger partial charge < -0.3 is 4.74 Å². The predicted octanol–water partition coefficient (Wildman–Crippen LogP) is 0.400. The number of hydrogen-bond acceptors (Lipinski definition) is 3. The number of nitrogens with zero attached hydrogens (tertiary/aromatic N) is 2. The highest BCUT2D eigenvalue weighted by molar-refractivity contribution is 5.25. The lowest BCUT2D eigenvalue weighted by Gasteiger charge is -1.93. The first-order valence-corrected chi connectivity index (χ1v) is 2.40. The van der Waals surface area contributed by atoms with Crippen LogP contribution in [0.25, 0.3) is 0 Å². The normalized spacial score (nSPS) is 9.00. The van der Waals surface area contributed by atoms with Crippen molar-refractivity contribution in [3.05, 3.63) is 12.4 Å². The van der Waals surface area contributed by atoms with Gasteiger partial charge in [-0.05, 0) is 0 Å². The molecule has 0 amide bonds. The smallest absolute Gasteiger partial charge is 0.316 e. The second-order valence-corrected chi connectivity index (χ2v) is 1.46. The van der Waals surface area contributed by atoms with Crippen LogP contribution in [0.5, 0.6) is 6.01 Å². The molecule has 0 aromatic carbocycles. The maximum atomic E-state index is 6.99. The molecule has 0 spiro atoms. The fourth-order valence-electron chi connectivity index (χ4n) is 0.422. The summed E-state index contributed by atoms with van der Waals surface area (Å²) < 4.78 is 4.66. The lowest BCUT2D eigenvalue weighted by molar-refractivity contribution is 0.380. The molecule has 47 valence electrons. The molecule has 0 bridgehead atoms. The van der Waals surface area contributed by atoms with Gasteiger partial charge in [-0.15, -0.1) is 0 Å². The summed E-state index contributed by atoms with van der Waals surface area (Å²) >= 11 is 0. The molecule has 0 atom stereocenters. The van der Waals surface area contributed by atoms with Crippen molar-refractivity contribution in [2.75, 3.05) is 7.11 Å². The van der Waals surface area contributed by atoms with E-state index in [1.54, 1.807) is 0 Å². The summed E-state index contributed by atoms with van der Waals surface area (Å²) in [5.74, 6) is 0. The second kappa shape index (κ2) is 2.30. The van der Waals surface area contributed by atoms with E-state index in [1.165, 1.54) is 19.5 Å². The summed E-state index contributed by atoms with van der Waals surface area (Å²) in [5, 5.41) is 0. The van der Waals surface area contributed by atoms with Crippen LogP contribution >= 0.6 is 0 Å². The Bertz CT molecular complexity index is 184. The Balaban J connectivity index is 2.88. The topological polar surface area (TPSA) is 58.8 Å². The van der Waals surface area contributed by atoms with Crippen molar-refractivity contribution in [2.24, 2.45) is 0 Å². The minimum absolute atomic E-state index is 0.288. The second-order valence-electron chi connectivity index (χ2n) is 1.46. The number of methoxy groups -OCH3 is 1. The first-order chi connectivity index (χ1) is 4.33. The predicted molar refractivity (Wildman–Crippen MR) is 31.3 cm³/mol. The molecule has 0 saturated carbocycles. The van der Waals surface area contributed by atoms with Crippen LogP contribution in [0.4, 0.5) is 5.69 Å².